The molecule has 2 nitrogen and oxygen atoms in total. The first kappa shape index (κ1) is 19.8. The molecule has 2 atom stereocenters. The Morgan fingerprint density at radius 3 is 2.22 bits per heavy atom. The van der Waals surface area contributed by atoms with Crippen LogP contribution < -0.4 is 5.73 Å². The first-order valence-electron chi connectivity index (χ1n) is 6.64. The second-order valence-electron chi connectivity index (χ2n) is 4.99. The summed E-state index contributed by atoms with van der Waals surface area (Å²) in [6.07, 6.45) is -5.37. The Bertz CT molecular complexity index is 635. The third-order valence-electron chi connectivity index (χ3n) is 3.40. The van der Waals surface area contributed by atoms with Gasteiger partial charge in [0, 0.05) is 6.42 Å². The lowest BCUT2D eigenvalue weighted by atomic mass is 9.95. The van der Waals surface area contributed by atoms with Crippen molar-refractivity contribution >= 4 is 24.0 Å². The number of rotatable bonds is 4. The fraction of sp³-hybridized carbons (Fsp3) is 0.250. The maximum Gasteiger partial charge on any atom is 0.417 e. The van der Waals surface area contributed by atoms with E-state index in [1.165, 1.54) is 12.1 Å². The van der Waals surface area contributed by atoms with Gasteiger partial charge in [0.1, 0.15) is 0 Å². The monoisotopic (exact) mass is 365 g/mol. The topological polar surface area (TPSA) is 46.2 Å². The van der Waals surface area contributed by atoms with Crippen LogP contribution in [0.25, 0.3) is 0 Å². The van der Waals surface area contributed by atoms with E-state index in [4.69, 9.17) is 17.3 Å². The number of aliphatic hydroxyl groups excluding tert-OH is 1. The number of hydrogen-bond donors (Lipinski definition) is 2. The summed E-state index contributed by atoms with van der Waals surface area (Å²) in [7, 11) is 0. The van der Waals surface area contributed by atoms with E-state index in [1.54, 1.807) is 0 Å². The molecule has 23 heavy (non-hydrogen) atoms. The van der Waals surface area contributed by atoms with E-state index < -0.39 is 28.9 Å². The molecule has 0 spiro atoms. The molecule has 7 heteroatoms. The lowest BCUT2D eigenvalue weighted by Crippen LogP contribution is -2.28. The van der Waals surface area contributed by atoms with Crippen LogP contribution in [0.4, 0.5) is 13.2 Å². The SMILES string of the molecule is Cl.N[C@@H](c1cccc(C(F)(F)F)c1Cl)[C@H](O)Cc1ccccc1. The molecule has 3 N–H and O–H groups in total. The van der Waals surface area contributed by atoms with E-state index in [0.717, 1.165) is 11.6 Å². The molecule has 0 amide bonds. The van der Waals surface area contributed by atoms with Gasteiger partial charge >= 0.3 is 6.18 Å². The molecule has 0 aromatic heterocycles. The van der Waals surface area contributed by atoms with Gasteiger partial charge in [-0.05, 0) is 17.2 Å². The van der Waals surface area contributed by atoms with Crippen molar-refractivity contribution < 1.29 is 18.3 Å². The average molecular weight is 366 g/mol. The summed E-state index contributed by atoms with van der Waals surface area (Å²) in [5.74, 6) is 0. The van der Waals surface area contributed by atoms with Crippen molar-refractivity contribution in [2.45, 2.75) is 24.7 Å². The molecular weight excluding hydrogens is 350 g/mol. The van der Waals surface area contributed by atoms with E-state index in [2.05, 4.69) is 0 Å². The van der Waals surface area contributed by atoms with Gasteiger partial charge in [-0.3, -0.25) is 0 Å². The predicted molar refractivity (Wildman–Crippen MR) is 86.8 cm³/mol. The van der Waals surface area contributed by atoms with Gasteiger partial charge in [-0.2, -0.15) is 13.2 Å². The molecule has 0 saturated heterocycles. The first-order valence-corrected chi connectivity index (χ1v) is 7.01. The molecule has 0 unspecified atom stereocenters. The van der Waals surface area contributed by atoms with Crippen molar-refractivity contribution in [1.29, 1.82) is 0 Å². The lowest BCUT2D eigenvalue weighted by molar-refractivity contribution is -0.137. The van der Waals surface area contributed by atoms with Crippen molar-refractivity contribution in [3.05, 3.63) is 70.2 Å². The quantitative estimate of drug-likeness (QED) is 0.844. The Hall–Kier alpha value is -1.27. The summed E-state index contributed by atoms with van der Waals surface area (Å²) in [5.41, 5.74) is 5.87. The van der Waals surface area contributed by atoms with Crippen molar-refractivity contribution in [3.8, 4) is 0 Å². The molecule has 2 aromatic rings. The van der Waals surface area contributed by atoms with Crippen LogP contribution in [0.3, 0.4) is 0 Å². The Morgan fingerprint density at radius 2 is 1.65 bits per heavy atom. The number of nitrogens with two attached hydrogens (primary N) is 1. The summed E-state index contributed by atoms with van der Waals surface area (Å²) < 4.78 is 38.6. The van der Waals surface area contributed by atoms with Gasteiger partial charge in [0.15, 0.2) is 0 Å². The van der Waals surface area contributed by atoms with Gasteiger partial charge in [-0.1, -0.05) is 54.1 Å². The van der Waals surface area contributed by atoms with Crippen LogP contribution in [0.5, 0.6) is 0 Å². The highest BCUT2D eigenvalue weighted by Gasteiger charge is 2.35. The Morgan fingerprint density at radius 1 is 1.04 bits per heavy atom. The van der Waals surface area contributed by atoms with Gasteiger partial charge in [0.05, 0.1) is 22.7 Å². The van der Waals surface area contributed by atoms with Crippen molar-refractivity contribution in [2.24, 2.45) is 5.73 Å². The number of halogens is 5. The van der Waals surface area contributed by atoms with Gasteiger partial charge in [-0.25, -0.2) is 0 Å². The van der Waals surface area contributed by atoms with Crippen LogP contribution in [0.1, 0.15) is 22.7 Å². The van der Waals surface area contributed by atoms with E-state index in [0.29, 0.717) is 0 Å². The summed E-state index contributed by atoms with van der Waals surface area (Å²) in [4.78, 5) is 0. The van der Waals surface area contributed by atoms with Crippen molar-refractivity contribution in [1.82, 2.24) is 0 Å². The molecule has 0 aliphatic rings. The number of alkyl halides is 3. The molecule has 0 fully saturated rings. The van der Waals surface area contributed by atoms with Crippen LogP contribution in [0.15, 0.2) is 48.5 Å². The second-order valence-corrected chi connectivity index (χ2v) is 5.37. The van der Waals surface area contributed by atoms with Crippen LogP contribution in [-0.2, 0) is 12.6 Å². The minimum Gasteiger partial charge on any atom is -0.391 e. The zero-order valence-electron chi connectivity index (χ0n) is 11.9. The van der Waals surface area contributed by atoms with Crippen LogP contribution in [0, 0.1) is 0 Å². The fourth-order valence-electron chi connectivity index (χ4n) is 2.22. The molecule has 0 radical (unpaired) electrons. The number of aliphatic hydroxyl groups is 1. The molecule has 0 saturated carbocycles. The summed E-state index contributed by atoms with van der Waals surface area (Å²) in [5, 5.41) is 9.71. The van der Waals surface area contributed by atoms with E-state index >= 15 is 0 Å². The highest BCUT2D eigenvalue weighted by atomic mass is 35.5. The molecule has 2 aromatic carbocycles. The molecule has 0 bridgehead atoms. The Balaban J connectivity index is 0.00000264. The fourth-order valence-corrected chi connectivity index (χ4v) is 2.58. The highest BCUT2D eigenvalue weighted by molar-refractivity contribution is 6.32. The lowest BCUT2D eigenvalue weighted by Gasteiger charge is -2.22. The standard InChI is InChI=1S/C16H15ClF3NO.ClH/c17-14-11(7-4-8-12(14)16(18,19)20)15(21)13(22)9-10-5-2-1-3-6-10;/h1-8,13,15,22H,9,21H2;1H/t13-,15+;/m1./s1. The van der Waals surface area contributed by atoms with Gasteiger partial charge in [0.2, 0.25) is 0 Å². The molecule has 0 aliphatic carbocycles. The maximum absolute atomic E-state index is 12.9. The Labute approximate surface area is 143 Å². The molecular formula is C16H16Cl2F3NO. The highest BCUT2D eigenvalue weighted by Crippen LogP contribution is 2.38. The summed E-state index contributed by atoms with van der Waals surface area (Å²) >= 11 is 5.82. The van der Waals surface area contributed by atoms with Gasteiger partial charge in [0.25, 0.3) is 0 Å². The number of hydrogen-bond acceptors (Lipinski definition) is 2. The van der Waals surface area contributed by atoms with E-state index in [-0.39, 0.29) is 24.4 Å². The largest absolute Gasteiger partial charge is 0.417 e. The van der Waals surface area contributed by atoms with Crippen molar-refractivity contribution in [2.75, 3.05) is 0 Å². The van der Waals surface area contributed by atoms with Gasteiger partial charge < -0.3 is 10.8 Å². The minimum absolute atomic E-state index is 0. The number of benzene rings is 2. The van der Waals surface area contributed by atoms with Crippen LogP contribution in [-0.4, -0.2) is 11.2 Å². The van der Waals surface area contributed by atoms with Crippen LogP contribution >= 0.6 is 24.0 Å². The van der Waals surface area contributed by atoms with E-state index in [1.807, 2.05) is 30.3 Å². The van der Waals surface area contributed by atoms with Crippen LogP contribution in [0.2, 0.25) is 5.02 Å². The average Bonchev–Trinajstić information content (AvgIpc) is 2.46. The zero-order chi connectivity index (χ0) is 16.3. The van der Waals surface area contributed by atoms with Crippen molar-refractivity contribution in [3.63, 3.8) is 0 Å². The molecule has 126 valence electrons. The summed E-state index contributed by atoms with van der Waals surface area (Å²) in [6, 6.07) is 11.6. The van der Waals surface area contributed by atoms with E-state index in [9.17, 15) is 18.3 Å². The third-order valence-corrected chi connectivity index (χ3v) is 3.82. The zero-order valence-corrected chi connectivity index (χ0v) is 13.5. The van der Waals surface area contributed by atoms with Gasteiger partial charge in [-0.15, -0.1) is 12.4 Å². The minimum atomic E-state index is -4.56. The first-order chi connectivity index (χ1) is 10.3. The second kappa shape index (κ2) is 8.02. The molecule has 0 heterocycles. The predicted octanol–water partition coefficient (Wildman–Crippen LogP) is 4.38. The molecule has 2 rings (SSSR count). The third kappa shape index (κ3) is 4.85. The normalized spacial score (nSPS) is 14.0. The Kier molecular flexibility index (Phi) is 6.89. The maximum atomic E-state index is 12.9. The molecule has 0 aliphatic heterocycles. The summed E-state index contributed by atoms with van der Waals surface area (Å²) in [6.45, 7) is 0. The smallest absolute Gasteiger partial charge is 0.391 e.